The number of piperazine rings is 1. The highest BCUT2D eigenvalue weighted by Gasteiger charge is 2.31. The molecule has 1 saturated heterocycles. The molecule has 0 atom stereocenters. The lowest BCUT2D eigenvalue weighted by molar-refractivity contribution is -0.137. The van der Waals surface area contributed by atoms with Crippen molar-refractivity contribution in [2.45, 2.75) is 18.3 Å². The first-order valence-corrected chi connectivity index (χ1v) is 11.5. The van der Waals surface area contributed by atoms with E-state index in [1.807, 2.05) is 48.2 Å². The molecule has 0 N–H and O–H groups in total. The lowest BCUT2D eigenvalue weighted by atomic mass is 10.1. The fourth-order valence-electron chi connectivity index (χ4n) is 3.67. The minimum absolute atomic E-state index is 0.0324. The van der Waals surface area contributed by atoms with Gasteiger partial charge in [0.1, 0.15) is 0 Å². The molecule has 172 valence electrons. The van der Waals surface area contributed by atoms with Crippen LogP contribution in [0.4, 0.5) is 18.9 Å². The fraction of sp³-hybridized carbons (Fsp3) is 0.292. The van der Waals surface area contributed by atoms with Crippen molar-refractivity contribution in [3.63, 3.8) is 0 Å². The molecule has 1 fully saturated rings. The number of hydrogen-bond donors (Lipinski definition) is 0. The predicted molar refractivity (Wildman–Crippen MR) is 123 cm³/mol. The van der Waals surface area contributed by atoms with E-state index in [4.69, 9.17) is 0 Å². The molecule has 2 aromatic carbocycles. The van der Waals surface area contributed by atoms with Gasteiger partial charge in [-0.1, -0.05) is 48.2 Å². The number of carbonyl (C=O) groups excluding carboxylic acids is 1. The molecule has 0 bridgehead atoms. The maximum Gasteiger partial charge on any atom is 0.416 e. The number of alkyl halides is 3. The van der Waals surface area contributed by atoms with Crippen LogP contribution in [0.25, 0.3) is 11.3 Å². The highest BCUT2D eigenvalue weighted by atomic mass is 32.2. The summed E-state index contributed by atoms with van der Waals surface area (Å²) in [6.07, 6.45) is -4.37. The summed E-state index contributed by atoms with van der Waals surface area (Å²) in [5.74, 6) is 0.177. The summed E-state index contributed by atoms with van der Waals surface area (Å²) in [6, 6.07) is 17.0. The van der Waals surface area contributed by atoms with Gasteiger partial charge in [-0.2, -0.15) is 13.2 Å². The van der Waals surface area contributed by atoms with Gasteiger partial charge in [-0.25, -0.2) is 9.97 Å². The quantitative estimate of drug-likeness (QED) is 0.390. The van der Waals surface area contributed by atoms with E-state index in [1.54, 1.807) is 11.0 Å². The maximum atomic E-state index is 13.0. The molecule has 2 heterocycles. The molecule has 1 aliphatic heterocycles. The second-order valence-electron chi connectivity index (χ2n) is 7.75. The monoisotopic (exact) mass is 472 g/mol. The Kier molecular flexibility index (Phi) is 6.88. The van der Waals surface area contributed by atoms with E-state index in [9.17, 15) is 18.0 Å². The summed E-state index contributed by atoms with van der Waals surface area (Å²) >= 11 is 1.30. The van der Waals surface area contributed by atoms with Gasteiger partial charge in [0.25, 0.3) is 0 Å². The first kappa shape index (κ1) is 23.1. The molecule has 9 heteroatoms. The van der Waals surface area contributed by atoms with E-state index in [2.05, 4.69) is 9.97 Å². The van der Waals surface area contributed by atoms with Gasteiger partial charge in [-0.15, -0.1) is 0 Å². The van der Waals surface area contributed by atoms with E-state index in [1.165, 1.54) is 17.8 Å². The molecule has 0 radical (unpaired) electrons. The average Bonchev–Trinajstić information content (AvgIpc) is 2.82. The molecule has 1 amide bonds. The number of halogens is 3. The zero-order valence-corrected chi connectivity index (χ0v) is 18.9. The lowest BCUT2D eigenvalue weighted by Crippen LogP contribution is -2.49. The summed E-state index contributed by atoms with van der Waals surface area (Å²) < 4.78 is 39.0. The summed E-state index contributed by atoms with van der Waals surface area (Å²) in [5, 5.41) is 0.546. The zero-order chi connectivity index (χ0) is 23.4. The van der Waals surface area contributed by atoms with Crippen molar-refractivity contribution in [2.24, 2.45) is 0 Å². The number of thioether (sulfide) groups is 1. The van der Waals surface area contributed by atoms with Gasteiger partial charge in [-0.3, -0.25) is 4.79 Å². The van der Waals surface area contributed by atoms with Crippen molar-refractivity contribution >= 4 is 23.4 Å². The number of hydrogen-bond acceptors (Lipinski definition) is 5. The van der Waals surface area contributed by atoms with Crippen LogP contribution in [0.2, 0.25) is 0 Å². The molecule has 0 aliphatic carbocycles. The minimum atomic E-state index is -4.37. The molecule has 0 saturated carbocycles. The van der Waals surface area contributed by atoms with Crippen LogP contribution in [0, 0.1) is 6.92 Å². The topological polar surface area (TPSA) is 49.3 Å². The number of carbonyl (C=O) groups is 1. The zero-order valence-electron chi connectivity index (χ0n) is 18.0. The van der Waals surface area contributed by atoms with Crippen LogP contribution < -0.4 is 4.90 Å². The summed E-state index contributed by atoms with van der Waals surface area (Å²) in [7, 11) is 0. The van der Waals surface area contributed by atoms with E-state index in [0.717, 1.165) is 29.1 Å². The van der Waals surface area contributed by atoms with E-state index in [-0.39, 0.29) is 11.7 Å². The predicted octanol–water partition coefficient (Wildman–Crippen LogP) is 4.91. The van der Waals surface area contributed by atoms with E-state index in [0.29, 0.717) is 37.0 Å². The first-order chi connectivity index (χ1) is 15.8. The number of amides is 1. The van der Waals surface area contributed by atoms with Crippen LogP contribution in [0.15, 0.2) is 65.8 Å². The van der Waals surface area contributed by atoms with Gasteiger partial charge in [0.2, 0.25) is 5.91 Å². The molecular weight excluding hydrogens is 449 g/mol. The molecule has 5 nitrogen and oxygen atoms in total. The first-order valence-electron chi connectivity index (χ1n) is 10.5. The molecule has 0 unspecified atom stereocenters. The van der Waals surface area contributed by atoms with Crippen LogP contribution in [-0.2, 0) is 11.0 Å². The average molecular weight is 473 g/mol. The number of aromatic nitrogens is 2. The second kappa shape index (κ2) is 9.82. The van der Waals surface area contributed by atoms with Crippen LogP contribution >= 0.6 is 11.8 Å². The van der Waals surface area contributed by atoms with Crippen LogP contribution in [-0.4, -0.2) is 52.7 Å². The van der Waals surface area contributed by atoms with Crippen molar-refractivity contribution in [3.8, 4) is 11.3 Å². The number of aryl methyl sites for hydroxylation is 1. The Labute approximate surface area is 194 Å². The van der Waals surface area contributed by atoms with Gasteiger partial charge in [0.05, 0.1) is 17.0 Å². The van der Waals surface area contributed by atoms with Gasteiger partial charge >= 0.3 is 6.18 Å². The van der Waals surface area contributed by atoms with Crippen molar-refractivity contribution in [2.75, 3.05) is 36.8 Å². The third kappa shape index (κ3) is 5.84. The third-order valence-electron chi connectivity index (χ3n) is 5.40. The number of benzene rings is 2. The van der Waals surface area contributed by atoms with Gasteiger partial charge < -0.3 is 9.80 Å². The van der Waals surface area contributed by atoms with Crippen LogP contribution in [0.1, 0.15) is 11.3 Å². The van der Waals surface area contributed by atoms with Crippen molar-refractivity contribution in [1.82, 2.24) is 14.9 Å². The second-order valence-corrected chi connectivity index (χ2v) is 8.69. The van der Waals surface area contributed by atoms with E-state index < -0.39 is 11.7 Å². The lowest BCUT2D eigenvalue weighted by Gasteiger charge is -2.36. The minimum Gasteiger partial charge on any atom is -0.368 e. The molecule has 4 rings (SSSR count). The SMILES string of the molecule is Cc1cc(-c2ccccc2)nc(SCC(=O)N2CCN(c3cccc(C(F)(F)F)c3)CC2)n1. The van der Waals surface area contributed by atoms with Crippen molar-refractivity contribution in [1.29, 1.82) is 0 Å². The summed E-state index contributed by atoms with van der Waals surface area (Å²) in [5.41, 5.74) is 2.49. The number of rotatable bonds is 5. The smallest absolute Gasteiger partial charge is 0.368 e. The van der Waals surface area contributed by atoms with E-state index >= 15 is 0 Å². The van der Waals surface area contributed by atoms with Gasteiger partial charge in [0, 0.05) is 43.1 Å². The van der Waals surface area contributed by atoms with Crippen LogP contribution in [0.3, 0.4) is 0 Å². The molecular formula is C24H23F3N4OS. The largest absolute Gasteiger partial charge is 0.416 e. The number of anilines is 1. The van der Waals surface area contributed by atoms with Crippen molar-refractivity contribution < 1.29 is 18.0 Å². The molecule has 3 aromatic rings. The van der Waals surface area contributed by atoms with Crippen molar-refractivity contribution in [3.05, 3.63) is 71.9 Å². The Morgan fingerprint density at radius 3 is 2.39 bits per heavy atom. The van der Waals surface area contributed by atoms with Gasteiger partial charge in [0.15, 0.2) is 5.16 Å². The highest BCUT2D eigenvalue weighted by Crippen LogP contribution is 2.32. The van der Waals surface area contributed by atoms with Crippen LogP contribution in [0.5, 0.6) is 0 Å². The molecule has 1 aromatic heterocycles. The Morgan fingerprint density at radius 2 is 1.70 bits per heavy atom. The molecule has 0 spiro atoms. The third-order valence-corrected chi connectivity index (χ3v) is 6.23. The number of nitrogens with zero attached hydrogens (tertiary/aromatic N) is 4. The Bertz CT molecular complexity index is 1120. The highest BCUT2D eigenvalue weighted by molar-refractivity contribution is 7.99. The van der Waals surface area contributed by atoms with Gasteiger partial charge in [-0.05, 0) is 31.2 Å². The molecule has 33 heavy (non-hydrogen) atoms. The Morgan fingerprint density at radius 1 is 0.970 bits per heavy atom. The fourth-order valence-corrected chi connectivity index (χ4v) is 4.48. The Hall–Kier alpha value is -3.07. The summed E-state index contributed by atoms with van der Waals surface area (Å²) in [6.45, 7) is 3.78. The molecule has 1 aliphatic rings. The Balaban J connectivity index is 1.34. The maximum absolute atomic E-state index is 13.0. The standard InChI is InChI=1S/C24H23F3N4OS/c1-17-14-21(18-6-3-2-4-7-18)29-23(28-17)33-16-22(32)31-12-10-30(11-13-31)20-9-5-8-19(15-20)24(25,26)27/h2-9,14-15H,10-13,16H2,1H3. The summed E-state index contributed by atoms with van der Waals surface area (Å²) in [4.78, 5) is 25.4. The normalized spacial score (nSPS) is 14.4.